The molecule has 0 spiro atoms. The summed E-state index contributed by atoms with van der Waals surface area (Å²) in [6, 6.07) is 59.8. The molecule has 0 atom stereocenters. The molecule has 59 heavy (non-hydrogen) atoms. The summed E-state index contributed by atoms with van der Waals surface area (Å²) in [5.74, 6) is 0. The maximum Gasteiger partial charge on any atom is 0.0549 e. The molecule has 0 unspecified atom stereocenters. The summed E-state index contributed by atoms with van der Waals surface area (Å²) in [4.78, 5) is 0. The molecular formula is C57H48N2. The normalized spacial score (nSPS) is 16.2. The summed E-state index contributed by atoms with van der Waals surface area (Å²) < 4.78 is 5.05. The predicted molar refractivity (Wildman–Crippen MR) is 251 cm³/mol. The summed E-state index contributed by atoms with van der Waals surface area (Å²) in [6.45, 7) is 14.5. The van der Waals surface area contributed by atoms with Crippen molar-refractivity contribution in [3.05, 3.63) is 180 Å². The van der Waals surface area contributed by atoms with Crippen molar-refractivity contribution >= 4 is 54.4 Å². The van der Waals surface area contributed by atoms with Crippen molar-refractivity contribution in [3.63, 3.8) is 0 Å². The number of nitrogens with zero attached hydrogens (tertiary/aromatic N) is 2. The van der Waals surface area contributed by atoms with E-state index in [1.54, 1.807) is 0 Å². The molecule has 2 heterocycles. The zero-order valence-electron chi connectivity index (χ0n) is 34.8. The van der Waals surface area contributed by atoms with Gasteiger partial charge in [-0.3, -0.25) is 0 Å². The van der Waals surface area contributed by atoms with Crippen LogP contribution in [-0.2, 0) is 16.2 Å². The molecule has 2 aliphatic rings. The molecule has 286 valence electrons. The highest BCUT2D eigenvalue weighted by molar-refractivity contribution is 6.25. The Bertz CT molecular complexity index is 3390. The van der Waals surface area contributed by atoms with Crippen molar-refractivity contribution in [2.24, 2.45) is 0 Å². The van der Waals surface area contributed by atoms with Crippen LogP contribution in [0.2, 0.25) is 0 Å². The van der Waals surface area contributed by atoms with Crippen molar-refractivity contribution in [2.75, 3.05) is 0 Å². The standard InChI is InChI=1S/C57H48N2/c1-55(2)29-30-56(3,4)48-34-52-42(31-47(48)55)43-32-51-44(54-40-18-11-10-15-35(40)25-28-49(54)58(51)37-16-8-7-9-17-37)33-50(43)59(52)38-26-23-36(24-27-38)39-20-14-22-46-53(39)41-19-12-13-21-45(41)57(46,5)6/h7-28,31-34H,29-30H2,1-6H3. The average Bonchev–Trinajstić information content (AvgIpc) is 3.84. The second kappa shape index (κ2) is 11.9. The number of para-hydroxylation sites is 1. The molecule has 2 aromatic heterocycles. The highest BCUT2D eigenvalue weighted by Crippen LogP contribution is 2.53. The summed E-state index contributed by atoms with van der Waals surface area (Å²) >= 11 is 0. The van der Waals surface area contributed by atoms with Gasteiger partial charge in [-0.25, -0.2) is 0 Å². The second-order valence-corrected chi connectivity index (χ2v) is 19.2. The first kappa shape index (κ1) is 34.6. The molecule has 0 amide bonds. The second-order valence-electron chi connectivity index (χ2n) is 19.2. The first-order valence-corrected chi connectivity index (χ1v) is 21.4. The van der Waals surface area contributed by atoms with Crippen molar-refractivity contribution in [1.82, 2.24) is 9.13 Å². The SMILES string of the molecule is CC1(C)CCC(C)(C)c2cc3c(cc21)c1cc2c(cc1n3-c1ccc(-c3cccc4c3-c3ccccc3C4(C)C)cc1)c1c3ccccc3ccc1n2-c1ccccc1. The minimum absolute atomic E-state index is 0.0351. The Kier molecular flexibility index (Phi) is 6.96. The van der Waals surface area contributed by atoms with Gasteiger partial charge in [0.2, 0.25) is 0 Å². The molecule has 0 N–H and O–H groups in total. The van der Waals surface area contributed by atoms with Crippen molar-refractivity contribution in [2.45, 2.75) is 70.6 Å². The summed E-state index contributed by atoms with van der Waals surface area (Å²) in [6.07, 6.45) is 2.36. The molecular weight excluding hydrogens is 713 g/mol. The van der Waals surface area contributed by atoms with Gasteiger partial charge in [0.1, 0.15) is 0 Å². The molecule has 0 bridgehead atoms. The van der Waals surface area contributed by atoms with Crippen LogP contribution in [0.4, 0.5) is 0 Å². The molecule has 0 saturated carbocycles. The third kappa shape index (κ3) is 4.75. The molecule has 0 aliphatic heterocycles. The summed E-state index contributed by atoms with van der Waals surface area (Å²) in [5.41, 5.74) is 18.6. The van der Waals surface area contributed by atoms with Gasteiger partial charge in [-0.2, -0.15) is 0 Å². The van der Waals surface area contributed by atoms with Crippen LogP contribution in [-0.4, -0.2) is 9.13 Å². The van der Waals surface area contributed by atoms with Gasteiger partial charge in [0.05, 0.1) is 22.1 Å². The lowest BCUT2D eigenvalue weighted by Crippen LogP contribution is -2.33. The number of rotatable bonds is 3. The van der Waals surface area contributed by atoms with Crippen LogP contribution in [0, 0.1) is 0 Å². The van der Waals surface area contributed by atoms with Gasteiger partial charge in [0.25, 0.3) is 0 Å². The van der Waals surface area contributed by atoms with E-state index < -0.39 is 0 Å². The van der Waals surface area contributed by atoms with E-state index in [0.717, 1.165) is 0 Å². The first-order chi connectivity index (χ1) is 28.5. The molecule has 0 fully saturated rings. The summed E-state index contributed by atoms with van der Waals surface area (Å²) in [7, 11) is 0. The molecule has 8 aromatic carbocycles. The number of hydrogen-bond acceptors (Lipinski definition) is 0. The lowest BCUT2D eigenvalue weighted by Gasteiger charge is -2.42. The van der Waals surface area contributed by atoms with Gasteiger partial charge in [0, 0.05) is 38.3 Å². The highest BCUT2D eigenvalue weighted by Gasteiger charge is 2.39. The third-order valence-corrected chi connectivity index (χ3v) is 14.6. The van der Waals surface area contributed by atoms with E-state index >= 15 is 0 Å². The molecule has 2 heteroatoms. The Morgan fingerprint density at radius 1 is 0.390 bits per heavy atom. The molecule has 0 saturated heterocycles. The van der Waals surface area contributed by atoms with Gasteiger partial charge in [-0.1, -0.05) is 145 Å². The van der Waals surface area contributed by atoms with Crippen molar-refractivity contribution in [3.8, 4) is 33.6 Å². The minimum atomic E-state index is -0.0351. The van der Waals surface area contributed by atoms with Crippen LogP contribution in [0.3, 0.4) is 0 Å². The zero-order chi connectivity index (χ0) is 40.0. The quantitative estimate of drug-likeness (QED) is 0.170. The van der Waals surface area contributed by atoms with Crippen LogP contribution in [0.15, 0.2) is 158 Å². The molecule has 2 nitrogen and oxygen atoms in total. The van der Waals surface area contributed by atoms with Crippen LogP contribution in [0.25, 0.3) is 88.0 Å². The van der Waals surface area contributed by atoms with E-state index in [9.17, 15) is 0 Å². The van der Waals surface area contributed by atoms with Gasteiger partial charge >= 0.3 is 0 Å². The van der Waals surface area contributed by atoms with Crippen LogP contribution < -0.4 is 0 Å². The fraction of sp³-hybridized carbons (Fsp3) is 0.193. The van der Waals surface area contributed by atoms with E-state index in [0.29, 0.717) is 0 Å². The van der Waals surface area contributed by atoms with E-state index in [2.05, 4.69) is 208 Å². The summed E-state index contributed by atoms with van der Waals surface area (Å²) in [5, 5.41) is 7.75. The number of hydrogen-bond donors (Lipinski definition) is 0. The van der Waals surface area contributed by atoms with E-state index in [1.807, 2.05) is 0 Å². The Labute approximate surface area is 346 Å². The Morgan fingerprint density at radius 3 is 1.76 bits per heavy atom. The topological polar surface area (TPSA) is 9.86 Å². The Balaban J connectivity index is 1.16. The zero-order valence-corrected chi connectivity index (χ0v) is 34.8. The Hall–Kier alpha value is -6.38. The van der Waals surface area contributed by atoms with E-state index in [4.69, 9.17) is 0 Å². The maximum absolute atomic E-state index is 2.57. The fourth-order valence-electron chi connectivity index (χ4n) is 11.3. The monoisotopic (exact) mass is 760 g/mol. The van der Waals surface area contributed by atoms with Crippen molar-refractivity contribution in [1.29, 1.82) is 0 Å². The average molecular weight is 761 g/mol. The maximum atomic E-state index is 2.57. The Morgan fingerprint density at radius 2 is 0.966 bits per heavy atom. The smallest absolute Gasteiger partial charge is 0.0549 e. The van der Waals surface area contributed by atoms with Gasteiger partial charge in [-0.15, -0.1) is 0 Å². The van der Waals surface area contributed by atoms with E-state index in [-0.39, 0.29) is 16.2 Å². The minimum Gasteiger partial charge on any atom is -0.309 e. The lowest BCUT2D eigenvalue weighted by atomic mass is 9.63. The van der Waals surface area contributed by atoms with Crippen molar-refractivity contribution < 1.29 is 0 Å². The first-order valence-electron chi connectivity index (χ1n) is 21.4. The predicted octanol–water partition coefficient (Wildman–Crippen LogP) is 15.4. The van der Waals surface area contributed by atoms with Crippen LogP contribution in [0.1, 0.15) is 76.6 Å². The molecule has 0 radical (unpaired) electrons. The molecule has 12 rings (SSSR count). The number of aromatic nitrogens is 2. The lowest BCUT2D eigenvalue weighted by molar-refractivity contribution is 0.332. The number of benzene rings is 8. The third-order valence-electron chi connectivity index (χ3n) is 14.6. The van der Waals surface area contributed by atoms with E-state index in [1.165, 1.54) is 123 Å². The molecule has 10 aromatic rings. The van der Waals surface area contributed by atoms with Gasteiger partial charge in [0.15, 0.2) is 0 Å². The van der Waals surface area contributed by atoms with Crippen LogP contribution >= 0.6 is 0 Å². The largest absolute Gasteiger partial charge is 0.309 e. The highest BCUT2D eigenvalue weighted by atomic mass is 15.0. The van der Waals surface area contributed by atoms with Gasteiger partial charge in [-0.05, 0) is 134 Å². The van der Waals surface area contributed by atoms with Gasteiger partial charge < -0.3 is 9.13 Å². The number of fused-ring (bicyclic) bond motifs is 12. The fourth-order valence-corrected chi connectivity index (χ4v) is 11.3. The van der Waals surface area contributed by atoms with Crippen LogP contribution in [0.5, 0.6) is 0 Å². The molecule has 2 aliphatic carbocycles.